The van der Waals surface area contributed by atoms with Gasteiger partial charge in [-0.05, 0) is 29.7 Å². The van der Waals surface area contributed by atoms with Crippen LogP contribution in [0, 0.1) is 21.4 Å². The molecule has 1 aliphatic rings. The second-order valence-electron chi connectivity index (χ2n) is 4.87. The van der Waals surface area contributed by atoms with E-state index in [0.717, 1.165) is 24.1 Å². The summed E-state index contributed by atoms with van der Waals surface area (Å²) in [5.74, 6) is 0.636. The highest BCUT2D eigenvalue weighted by molar-refractivity contribution is 5.55. The molecule has 0 fully saturated rings. The van der Waals surface area contributed by atoms with Crippen LogP contribution in [0.1, 0.15) is 16.7 Å². The molecule has 1 aliphatic heterocycles. The summed E-state index contributed by atoms with van der Waals surface area (Å²) < 4.78 is 0. The van der Waals surface area contributed by atoms with Gasteiger partial charge < -0.3 is 4.90 Å². The van der Waals surface area contributed by atoms with E-state index in [2.05, 4.69) is 11.1 Å². The molecular formula is C15H12N4O2. The molecule has 2 aromatic rings. The Morgan fingerprint density at radius 3 is 2.95 bits per heavy atom. The van der Waals surface area contributed by atoms with Crippen molar-refractivity contribution < 1.29 is 4.92 Å². The van der Waals surface area contributed by atoms with Gasteiger partial charge in [0.15, 0.2) is 0 Å². The molecule has 0 spiro atoms. The van der Waals surface area contributed by atoms with Crippen LogP contribution in [-0.2, 0) is 13.0 Å². The maximum atomic E-state index is 10.9. The Labute approximate surface area is 121 Å². The van der Waals surface area contributed by atoms with E-state index >= 15 is 0 Å². The minimum Gasteiger partial charge on any atom is -0.351 e. The lowest BCUT2D eigenvalue weighted by Crippen LogP contribution is -2.31. The number of nitriles is 1. The zero-order valence-electron chi connectivity index (χ0n) is 11.2. The normalized spacial score (nSPS) is 13.4. The van der Waals surface area contributed by atoms with Crippen molar-refractivity contribution in [3.05, 3.63) is 63.3 Å². The third-order valence-corrected chi connectivity index (χ3v) is 3.62. The lowest BCUT2D eigenvalue weighted by Gasteiger charge is -2.30. The van der Waals surface area contributed by atoms with Crippen LogP contribution in [-0.4, -0.2) is 16.5 Å². The van der Waals surface area contributed by atoms with E-state index in [1.165, 1.54) is 6.07 Å². The van der Waals surface area contributed by atoms with Gasteiger partial charge in [-0.2, -0.15) is 5.26 Å². The minimum atomic E-state index is -0.388. The third kappa shape index (κ3) is 2.41. The van der Waals surface area contributed by atoms with E-state index in [1.807, 2.05) is 11.0 Å². The first-order valence-corrected chi connectivity index (χ1v) is 6.55. The fourth-order valence-electron chi connectivity index (χ4n) is 2.57. The van der Waals surface area contributed by atoms with Crippen molar-refractivity contribution in [2.45, 2.75) is 13.0 Å². The van der Waals surface area contributed by atoms with Gasteiger partial charge in [0, 0.05) is 31.4 Å². The first kappa shape index (κ1) is 13.1. The van der Waals surface area contributed by atoms with Crippen LogP contribution in [0.5, 0.6) is 0 Å². The maximum Gasteiger partial charge on any atom is 0.269 e. The number of aromatic nitrogens is 1. The molecule has 21 heavy (non-hydrogen) atoms. The molecular weight excluding hydrogens is 268 g/mol. The Morgan fingerprint density at radius 2 is 2.19 bits per heavy atom. The second-order valence-corrected chi connectivity index (χ2v) is 4.87. The highest BCUT2D eigenvalue weighted by Crippen LogP contribution is 2.27. The van der Waals surface area contributed by atoms with Gasteiger partial charge >= 0.3 is 0 Å². The third-order valence-electron chi connectivity index (χ3n) is 3.62. The number of nitro groups is 1. The zero-order valence-corrected chi connectivity index (χ0v) is 11.2. The highest BCUT2D eigenvalue weighted by Gasteiger charge is 2.21. The largest absolute Gasteiger partial charge is 0.351 e. The fraction of sp³-hybridized carbons (Fsp3) is 0.200. The number of pyridine rings is 1. The molecule has 0 unspecified atom stereocenters. The Balaban J connectivity index is 1.95. The molecule has 0 aliphatic carbocycles. The molecule has 6 nitrogen and oxygen atoms in total. The highest BCUT2D eigenvalue weighted by atomic mass is 16.6. The number of anilines is 1. The molecule has 0 saturated heterocycles. The molecule has 104 valence electrons. The van der Waals surface area contributed by atoms with Crippen molar-refractivity contribution in [3.63, 3.8) is 0 Å². The number of non-ortho nitro benzene ring substituents is 1. The molecule has 1 aromatic carbocycles. The molecule has 0 saturated carbocycles. The molecule has 0 atom stereocenters. The van der Waals surface area contributed by atoms with Crippen LogP contribution in [0.3, 0.4) is 0 Å². The number of rotatable bonds is 2. The van der Waals surface area contributed by atoms with Crippen LogP contribution in [0.15, 0.2) is 36.5 Å². The van der Waals surface area contributed by atoms with E-state index in [4.69, 9.17) is 5.26 Å². The zero-order chi connectivity index (χ0) is 14.8. The standard InChI is InChI=1S/C15H12N4O2/c16-9-12-2-1-6-17-15(12)18-7-5-11-3-4-14(19(20)21)8-13(11)10-18/h1-4,6,8H,5,7,10H2. The summed E-state index contributed by atoms with van der Waals surface area (Å²) >= 11 is 0. The minimum absolute atomic E-state index is 0.0946. The molecule has 1 aromatic heterocycles. The summed E-state index contributed by atoms with van der Waals surface area (Å²) in [6.45, 7) is 1.28. The first-order chi connectivity index (χ1) is 10.2. The van der Waals surface area contributed by atoms with E-state index in [1.54, 1.807) is 24.4 Å². The monoisotopic (exact) mass is 280 g/mol. The lowest BCUT2D eigenvalue weighted by molar-refractivity contribution is -0.384. The van der Waals surface area contributed by atoms with Crippen molar-refractivity contribution in [1.82, 2.24) is 4.98 Å². The van der Waals surface area contributed by atoms with Crippen molar-refractivity contribution in [2.75, 3.05) is 11.4 Å². The van der Waals surface area contributed by atoms with Gasteiger partial charge in [-0.15, -0.1) is 0 Å². The first-order valence-electron chi connectivity index (χ1n) is 6.55. The van der Waals surface area contributed by atoms with Gasteiger partial charge in [0.2, 0.25) is 0 Å². The number of hydrogen-bond acceptors (Lipinski definition) is 5. The molecule has 0 bridgehead atoms. The summed E-state index contributed by atoms with van der Waals surface area (Å²) in [7, 11) is 0. The van der Waals surface area contributed by atoms with Gasteiger partial charge in [0.05, 0.1) is 10.5 Å². The van der Waals surface area contributed by atoms with Crippen molar-refractivity contribution in [2.24, 2.45) is 0 Å². The molecule has 6 heteroatoms. The number of nitrogens with zero attached hydrogens (tertiary/aromatic N) is 4. The number of benzene rings is 1. The van der Waals surface area contributed by atoms with E-state index in [9.17, 15) is 10.1 Å². The predicted molar refractivity (Wildman–Crippen MR) is 76.8 cm³/mol. The van der Waals surface area contributed by atoms with Crippen molar-refractivity contribution in [3.8, 4) is 6.07 Å². The van der Waals surface area contributed by atoms with Crippen LogP contribution >= 0.6 is 0 Å². The van der Waals surface area contributed by atoms with Crippen LogP contribution < -0.4 is 4.90 Å². The van der Waals surface area contributed by atoms with Gasteiger partial charge in [-0.25, -0.2) is 4.98 Å². The molecule has 0 amide bonds. The average molecular weight is 280 g/mol. The quantitative estimate of drug-likeness (QED) is 0.623. The van der Waals surface area contributed by atoms with E-state index < -0.39 is 0 Å². The number of nitro benzene ring substituents is 1. The van der Waals surface area contributed by atoms with E-state index in [0.29, 0.717) is 17.9 Å². The van der Waals surface area contributed by atoms with E-state index in [-0.39, 0.29) is 10.6 Å². The van der Waals surface area contributed by atoms with Crippen LogP contribution in [0.2, 0.25) is 0 Å². The van der Waals surface area contributed by atoms with Crippen LogP contribution in [0.4, 0.5) is 11.5 Å². The maximum absolute atomic E-state index is 10.9. The Bertz CT molecular complexity index is 752. The summed E-state index contributed by atoms with van der Waals surface area (Å²) in [5.41, 5.74) is 2.65. The number of hydrogen-bond donors (Lipinski definition) is 0. The smallest absolute Gasteiger partial charge is 0.269 e. The summed E-state index contributed by atoms with van der Waals surface area (Å²) in [5, 5.41) is 20.0. The lowest BCUT2D eigenvalue weighted by atomic mass is 9.99. The Kier molecular flexibility index (Phi) is 3.24. The van der Waals surface area contributed by atoms with Crippen molar-refractivity contribution in [1.29, 1.82) is 5.26 Å². The molecule has 0 N–H and O–H groups in total. The summed E-state index contributed by atoms with van der Waals surface area (Å²) in [4.78, 5) is 16.8. The van der Waals surface area contributed by atoms with Gasteiger partial charge in [-0.1, -0.05) is 6.07 Å². The molecule has 3 rings (SSSR count). The SMILES string of the molecule is N#Cc1cccnc1N1CCc2ccc([N+](=O)[O-])cc2C1. The fourth-order valence-corrected chi connectivity index (χ4v) is 2.57. The predicted octanol–water partition coefficient (Wildman–Crippen LogP) is 2.42. The Hall–Kier alpha value is -2.94. The Morgan fingerprint density at radius 1 is 1.33 bits per heavy atom. The molecule has 0 radical (unpaired) electrons. The van der Waals surface area contributed by atoms with Gasteiger partial charge in [0.1, 0.15) is 11.9 Å². The average Bonchev–Trinajstić information content (AvgIpc) is 2.53. The number of fused-ring (bicyclic) bond motifs is 1. The summed E-state index contributed by atoms with van der Waals surface area (Å²) in [6.07, 6.45) is 2.44. The molecule has 2 heterocycles. The van der Waals surface area contributed by atoms with Crippen molar-refractivity contribution >= 4 is 11.5 Å². The topological polar surface area (TPSA) is 83.1 Å². The second kappa shape index (κ2) is 5.21. The van der Waals surface area contributed by atoms with Gasteiger partial charge in [-0.3, -0.25) is 10.1 Å². The van der Waals surface area contributed by atoms with Crippen LogP contribution in [0.25, 0.3) is 0 Å². The summed E-state index contributed by atoms with van der Waals surface area (Å²) in [6, 6.07) is 10.5. The van der Waals surface area contributed by atoms with Gasteiger partial charge in [0.25, 0.3) is 5.69 Å².